The second-order valence-corrected chi connectivity index (χ2v) is 15.4. The number of alkyl halides is 3. The number of hydrogen-bond donors (Lipinski definition) is 1. The summed E-state index contributed by atoms with van der Waals surface area (Å²) in [7, 11) is 1.26. The van der Waals surface area contributed by atoms with E-state index in [0.29, 0.717) is 33.7 Å². The molecule has 286 valence electrons. The summed E-state index contributed by atoms with van der Waals surface area (Å²) < 4.78 is 41.2. The van der Waals surface area contributed by atoms with E-state index >= 15 is 9.59 Å². The molecule has 57 heavy (non-hydrogen) atoms. The van der Waals surface area contributed by atoms with Crippen molar-refractivity contribution in [2.45, 2.75) is 30.4 Å². The maximum absolute atomic E-state index is 15.3. The van der Waals surface area contributed by atoms with E-state index in [1.54, 1.807) is 60.7 Å². The molecule has 3 aliphatic carbocycles. The first kappa shape index (κ1) is 36.6. The number of amides is 2. The van der Waals surface area contributed by atoms with Crippen LogP contribution in [0.5, 0.6) is 5.75 Å². The lowest BCUT2D eigenvalue weighted by molar-refractivity contribution is -0.141. The summed E-state index contributed by atoms with van der Waals surface area (Å²) in [4.78, 5) is 63.2. The molecule has 2 fully saturated rings. The van der Waals surface area contributed by atoms with Crippen LogP contribution in [-0.2, 0) is 30.8 Å². The summed E-state index contributed by atoms with van der Waals surface area (Å²) in [5.41, 5.74) is -0.463. The molecule has 1 saturated heterocycles. The van der Waals surface area contributed by atoms with Crippen LogP contribution in [0.15, 0.2) is 127 Å². The van der Waals surface area contributed by atoms with Crippen molar-refractivity contribution in [3.05, 3.63) is 154 Å². The maximum atomic E-state index is 15.3. The minimum Gasteiger partial charge on any atom is -0.507 e. The van der Waals surface area contributed by atoms with E-state index in [2.05, 4.69) is 4.98 Å². The predicted octanol–water partition coefficient (Wildman–Crippen LogP) is 8.49. The fraction of sp³-hybridized carbons (Fsp3) is 0.222. The number of imide groups is 1. The highest BCUT2D eigenvalue weighted by atomic mass is 35.5. The zero-order chi connectivity index (χ0) is 40.0. The number of carbonyl (C=O) groups is 4. The van der Waals surface area contributed by atoms with Crippen LogP contribution in [0.2, 0.25) is 5.02 Å². The molecular weight excluding hydrogens is 755 g/mol. The Labute approximate surface area is 329 Å². The van der Waals surface area contributed by atoms with Crippen LogP contribution in [-0.4, -0.2) is 45.5 Å². The molecule has 0 radical (unpaired) electrons. The van der Waals surface area contributed by atoms with E-state index in [9.17, 15) is 27.9 Å². The number of benzene rings is 4. The average molecular weight is 788 g/mol. The van der Waals surface area contributed by atoms with E-state index in [0.717, 1.165) is 21.5 Å². The van der Waals surface area contributed by atoms with Crippen molar-refractivity contribution in [1.29, 1.82) is 0 Å². The number of hydrazine groups is 1. The highest BCUT2D eigenvalue weighted by molar-refractivity contribution is 6.33. The third-order valence-electron chi connectivity index (χ3n) is 12.3. The highest BCUT2D eigenvalue weighted by Gasteiger charge is 2.66. The molecule has 1 aromatic heterocycles. The summed E-state index contributed by atoms with van der Waals surface area (Å²) >= 11 is 6.34. The van der Waals surface area contributed by atoms with Gasteiger partial charge in [0, 0.05) is 35.4 Å². The zero-order valence-corrected chi connectivity index (χ0v) is 31.0. The second-order valence-electron chi connectivity index (χ2n) is 15.0. The number of Topliss-reactive ketones (excluding diaryl/α,β-unsaturated/α-hetero) is 1. The van der Waals surface area contributed by atoms with E-state index in [1.807, 2.05) is 42.5 Å². The topological polar surface area (TPSA) is 108 Å². The summed E-state index contributed by atoms with van der Waals surface area (Å²) in [6.07, 6.45) is -1.50. The maximum Gasteiger partial charge on any atom is 0.433 e. The number of ketones is 2. The fourth-order valence-electron chi connectivity index (χ4n) is 9.91. The SMILES string of the molecule is CN(c1nc(C(F)(F)F)ccc1Cl)N1C(=O)C2CC=C3C(CC4C(=O)C(c5ccccc5)=CC(=O)C4(c4ccccc4)C3c3ccc4ccccc4c3O)C2C1=O. The molecule has 1 N–H and O–H groups in total. The van der Waals surface area contributed by atoms with Gasteiger partial charge in [0.2, 0.25) is 0 Å². The van der Waals surface area contributed by atoms with Crippen molar-refractivity contribution in [3.8, 4) is 5.75 Å². The molecule has 8 nitrogen and oxygen atoms in total. The number of phenolic OH excluding ortho intramolecular Hbond substituents is 1. The van der Waals surface area contributed by atoms with Crippen molar-refractivity contribution in [2.24, 2.45) is 23.7 Å². The number of fused-ring (bicyclic) bond motifs is 5. The summed E-state index contributed by atoms with van der Waals surface area (Å²) in [5.74, 6) is -7.31. The Morgan fingerprint density at radius 1 is 0.842 bits per heavy atom. The predicted molar refractivity (Wildman–Crippen MR) is 207 cm³/mol. The fourth-order valence-corrected chi connectivity index (χ4v) is 10.1. The molecule has 2 heterocycles. The normalized spacial score (nSPS) is 25.8. The number of phenols is 1. The number of allylic oxidation sites excluding steroid dienone is 4. The van der Waals surface area contributed by atoms with Gasteiger partial charge in [0.05, 0.1) is 22.3 Å². The van der Waals surface area contributed by atoms with Crippen LogP contribution in [0.25, 0.3) is 16.3 Å². The van der Waals surface area contributed by atoms with Gasteiger partial charge >= 0.3 is 6.18 Å². The highest BCUT2D eigenvalue weighted by Crippen LogP contribution is 2.64. The van der Waals surface area contributed by atoms with Crippen LogP contribution >= 0.6 is 11.6 Å². The molecule has 9 rings (SSSR count). The molecule has 5 aromatic rings. The summed E-state index contributed by atoms with van der Waals surface area (Å²) in [5, 5.41) is 15.0. The first-order valence-corrected chi connectivity index (χ1v) is 18.9. The Hall–Kier alpha value is -6.07. The standard InChI is InChI=1S/C45H33ClF3N3O5/c1-51(41-34(46)20-21-35(50-41)45(47,48)49)52-42(56)29-19-18-28-32(37(29)43(52)57)22-33-40(55)31(24-10-4-2-5-11-24)23-36(53)44(33,26-13-6-3-7-14-26)38(28)30-17-16-25-12-8-9-15-27(25)39(30)54/h2-18,20-21,23,29,32-33,37-38,54H,19,22H2,1H3. The number of aromatic hydroxyl groups is 1. The van der Waals surface area contributed by atoms with Crippen molar-refractivity contribution in [3.63, 3.8) is 0 Å². The number of nitrogens with zero attached hydrogens (tertiary/aromatic N) is 3. The minimum atomic E-state index is -4.82. The molecule has 2 amide bonds. The Balaban J connectivity index is 1.25. The molecule has 4 aliphatic rings. The van der Waals surface area contributed by atoms with Crippen LogP contribution in [0.4, 0.5) is 19.0 Å². The monoisotopic (exact) mass is 787 g/mol. The van der Waals surface area contributed by atoms with E-state index in [4.69, 9.17) is 11.6 Å². The third-order valence-corrected chi connectivity index (χ3v) is 12.6. The van der Waals surface area contributed by atoms with Gasteiger partial charge in [-0.25, -0.2) is 4.98 Å². The molecule has 0 bridgehead atoms. The number of aromatic nitrogens is 1. The van der Waals surface area contributed by atoms with Crippen LogP contribution < -0.4 is 5.01 Å². The van der Waals surface area contributed by atoms with Crippen LogP contribution in [0.3, 0.4) is 0 Å². The number of pyridine rings is 1. The Bertz CT molecular complexity index is 2590. The van der Waals surface area contributed by atoms with Crippen molar-refractivity contribution in [1.82, 2.24) is 9.99 Å². The second kappa shape index (κ2) is 13.3. The lowest BCUT2D eigenvalue weighted by Gasteiger charge is -2.55. The van der Waals surface area contributed by atoms with Crippen LogP contribution in [0.1, 0.15) is 41.1 Å². The molecule has 12 heteroatoms. The molecular formula is C45H33ClF3N3O5. The Morgan fingerprint density at radius 2 is 1.53 bits per heavy atom. The molecule has 6 unspecified atom stereocenters. The van der Waals surface area contributed by atoms with E-state index in [-0.39, 0.29) is 40.8 Å². The first-order chi connectivity index (χ1) is 27.3. The first-order valence-electron chi connectivity index (χ1n) is 18.5. The Kier molecular flexibility index (Phi) is 8.51. The van der Waals surface area contributed by atoms with Gasteiger partial charge in [0.15, 0.2) is 17.4 Å². The average Bonchev–Trinajstić information content (AvgIpc) is 3.47. The number of anilines is 1. The largest absolute Gasteiger partial charge is 0.507 e. The van der Waals surface area contributed by atoms with E-state index < -0.39 is 64.5 Å². The minimum absolute atomic E-state index is 0.000619. The van der Waals surface area contributed by atoms with Gasteiger partial charge < -0.3 is 5.11 Å². The van der Waals surface area contributed by atoms with Crippen molar-refractivity contribution >= 4 is 57.1 Å². The van der Waals surface area contributed by atoms with Gasteiger partial charge in [-0.2, -0.15) is 18.2 Å². The molecule has 0 spiro atoms. The zero-order valence-electron chi connectivity index (χ0n) is 30.3. The lowest BCUT2D eigenvalue weighted by atomic mass is 9.44. The number of hydrogen-bond acceptors (Lipinski definition) is 7. The Morgan fingerprint density at radius 3 is 2.25 bits per heavy atom. The number of rotatable bonds is 5. The quantitative estimate of drug-likeness (QED) is 0.141. The van der Waals surface area contributed by atoms with Gasteiger partial charge in [0.25, 0.3) is 11.8 Å². The number of halogens is 4. The molecule has 1 aliphatic heterocycles. The molecule has 6 atom stereocenters. The van der Waals surface area contributed by atoms with Crippen molar-refractivity contribution in [2.75, 3.05) is 12.1 Å². The van der Waals surface area contributed by atoms with Gasteiger partial charge in [-0.1, -0.05) is 120 Å². The van der Waals surface area contributed by atoms with Gasteiger partial charge in [0.1, 0.15) is 11.4 Å². The number of carbonyl (C=O) groups excluding carboxylic acids is 4. The van der Waals surface area contributed by atoms with Gasteiger partial charge in [-0.05, 0) is 53.5 Å². The van der Waals surface area contributed by atoms with Crippen LogP contribution in [0, 0.1) is 23.7 Å². The summed E-state index contributed by atoms with van der Waals surface area (Å²) in [6, 6.07) is 30.5. The molecule has 1 saturated carbocycles. The van der Waals surface area contributed by atoms with Gasteiger partial charge in [-0.15, -0.1) is 0 Å². The molecule has 4 aromatic carbocycles. The van der Waals surface area contributed by atoms with Gasteiger partial charge in [-0.3, -0.25) is 24.2 Å². The lowest BCUT2D eigenvalue weighted by Crippen LogP contribution is -2.59. The third kappa shape index (κ3) is 5.39. The van der Waals surface area contributed by atoms with Crippen molar-refractivity contribution < 1.29 is 37.5 Å². The smallest absolute Gasteiger partial charge is 0.433 e. The summed E-state index contributed by atoms with van der Waals surface area (Å²) in [6.45, 7) is 0. The van der Waals surface area contributed by atoms with E-state index in [1.165, 1.54) is 13.1 Å².